The molecule has 0 saturated carbocycles. The third-order valence-electron chi connectivity index (χ3n) is 4.39. The molecule has 1 heterocycles. The molecule has 1 amide bonds. The molecule has 1 saturated heterocycles. The first kappa shape index (κ1) is 16.6. The van der Waals surface area contributed by atoms with Crippen LogP contribution >= 0.6 is 0 Å². The summed E-state index contributed by atoms with van der Waals surface area (Å²) < 4.78 is 5.19. The SMILES string of the molecule is CCc1cc(O)c(OC)c(C(=O)NC[C@@H]2CCCN2CC)c1. The Morgan fingerprint density at radius 2 is 2.23 bits per heavy atom. The van der Waals surface area contributed by atoms with E-state index in [-0.39, 0.29) is 17.4 Å². The average molecular weight is 306 g/mol. The van der Waals surface area contributed by atoms with Crippen LogP contribution in [0.1, 0.15) is 42.6 Å². The number of likely N-dealkylation sites (tertiary alicyclic amines) is 1. The van der Waals surface area contributed by atoms with Crippen LogP contribution in [-0.2, 0) is 6.42 Å². The Balaban J connectivity index is 2.10. The Hall–Kier alpha value is -1.75. The summed E-state index contributed by atoms with van der Waals surface area (Å²) in [4.78, 5) is 14.9. The largest absolute Gasteiger partial charge is 0.504 e. The second kappa shape index (κ2) is 7.49. The number of methoxy groups -OCH3 is 1. The number of hydrogen-bond acceptors (Lipinski definition) is 4. The number of carbonyl (C=O) groups is 1. The van der Waals surface area contributed by atoms with E-state index in [2.05, 4.69) is 17.1 Å². The van der Waals surface area contributed by atoms with E-state index in [1.54, 1.807) is 12.1 Å². The van der Waals surface area contributed by atoms with Crippen LogP contribution in [0.5, 0.6) is 11.5 Å². The van der Waals surface area contributed by atoms with E-state index in [4.69, 9.17) is 4.74 Å². The summed E-state index contributed by atoms with van der Waals surface area (Å²) in [6.07, 6.45) is 3.05. The van der Waals surface area contributed by atoms with Crippen LogP contribution in [0.2, 0.25) is 0 Å². The van der Waals surface area contributed by atoms with Crippen molar-refractivity contribution in [3.8, 4) is 11.5 Å². The van der Waals surface area contributed by atoms with Gasteiger partial charge >= 0.3 is 0 Å². The summed E-state index contributed by atoms with van der Waals surface area (Å²) in [6.45, 7) is 6.88. The average Bonchev–Trinajstić information content (AvgIpc) is 2.99. The zero-order valence-corrected chi connectivity index (χ0v) is 13.7. The van der Waals surface area contributed by atoms with Gasteiger partial charge < -0.3 is 15.2 Å². The third kappa shape index (κ3) is 3.53. The molecule has 1 aliphatic heterocycles. The quantitative estimate of drug-likeness (QED) is 0.845. The first-order valence-corrected chi connectivity index (χ1v) is 8.02. The Morgan fingerprint density at radius 3 is 2.86 bits per heavy atom. The van der Waals surface area contributed by atoms with Crippen molar-refractivity contribution in [3.05, 3.63) is 23.3 Å². The Bertz CT molecular complexity index is 531. The maximum absolute atomic E-state index is 12.5. The van der Waals surface area contributed by atoms with E-state index in [0.717, 1.165) is 31.5 Å². The van der Waals surface area contributed by atoms with Crippen LogP contribution in [-0.4, -0.2) is 48.7 Å². The molecule has 1 atom stereocenters. The van der Waals surface area contributed by atoms with E-state index in [1.807, 2.05) is 6.92 Å². The second-order valence-corrected chi connectivity index (χ2v) is 5.68. The van der Waals surface area contributed by atoms with Crippen molar-refractivity contribution >= 4 is 5.91 Å². The van der Waals surface area contributed by atoms with Crippen LogP contribution in [0.4, 0.5) is 0 Å². The molecule has 0 bridgehead atoms. The van der Waals surface area contributed by atoms with Gasteiger partial charge in [0.2, 0.25) is 0 Å². The lowest BCUT2D eigenvalue weighted by atomic mass is 10.1. The number of benzene rings is 1. The van der Waals surface area contributed by atoms with Crippen LogP contribution in [0.3, 0.4) is 0 Å². The number of aryl methyl sites for hydroxylation is 1. The summed E-state index contributed by atoms with van der Waals surface area (Å²) in [5.41, 5.74) is 1.32. The van der Waals surface area contributed by atoms with Gasteiger partial charge in [-0.05, 0) is 50.0 Å². The Morgan fingerprint density at radius 1 is 1.45 bits per heavy atom. The predicted octanol–water partition coefficient (Wildman–Crippen LogP) is 2.18. The van der Waals surface area contributed by atoms with E-state index >= 15 is 0 Å². The molecule has 0 aromatic heterocycles. The molecule has 1 aliphatic rings. The minimum atomic E-state index is -0.189. The number of nitrogens with one attached hydrogen (secondary N) is 1. The highest BCUT2D eigenvalue weighted by molar-refractivity contribution is 5.98. The molecule has 2 rings (SSSR count). The Labute approximate surface area is 132 Å². The van der Waals surface area contributed by atoms with Crippen molar-refractivity contribution in [2.75, 3.05) is 26.7 Å². The first-order valence-electron chi connectivity index (χ1n) is 8.02. The smallest absolute Gasteiger partial charge is 0.255 e. The first-order chi connectivity index (χ1) is 10.6. The van der Waals surface area contributed by atoms with Crippen LogP contribution in [0.25, 0.3) is 0 Å². The molecule has 0 unspecified atom stereocenters. The van der Waals surface area contributed by atoms with Crippen molar-refractivity contribution in [2.45, 2.75) is 39.2 Å². The molecule has 22 heavy (non-hydrogen) atoms. The van der Waals surface area contributed by atoms with Gasteiger partial charge in [0.05, 0.1) is 12.7 Å². The lowest BCUT2D eigenvalue weighted by Gasteiger charge is -2.23. The lowest BCUT2D eigenvalue weighted by molar-refractivity contribution is 0.0937. The van der Waals surface area contributed by atoms with Crippen molar-refractivity contribution in [2.24, 2.45) is 0 Å². The van der Waals surface area contributed by atoms with E-state index in [1.165, 1.54) is 13.5 Å². The zero-order chi connectivity index (χ0) is 16.1. The number of rotatable bonds is 6. The summed E-state index contributed by atoms with van der Waals surface area (Å²) in [7, 11) is 1.47. The summed E-state index contributed by atoms with van der Waals surface area (Å²) in [6, 6.07) is 3.84. The second-order valence-electron chi connectivity index (χ2n) is 5.68. The van der Waals surface area contributed by atoms with Crippen LogP contribution < -0.4 is 10.1 Å². The van der Waals surface area contributed by atoms with E-state index < -0.39 is 0 Å². The summed E-state index contributed by atoms with van der Waals surface area (Å²) >= 11 is 0. The number of amides is 1. The normalized spacial score (nSPS) is 18.4. The monoisotopic (exact) mass is 306 g/mol. The molecule has 1 aromatic rings. The third-order valence-corrected chi connectivity index (χ3v) is 4.39. The van der Waals surface area contributed by atoms with Gasteiger partial charge in [0.25, 0.3) is 5.91 Å². The van der Waals surface area contributed by atoms with Gasteiger partial charge in [-0.2, -0.15) is 0 Å². The van der Waals surface area contributed by atoms with Gasteiger partial charge in [-0.3, -0.25) is 9.69 Å². The topological polar surface area (TPSA) is 61.8 Å². The number of aromatic hydroxyl groups is 1. The van der Waals surface area contributed by atoms with Crippen LogP contribution in [0.15, 0.2) is 12.1 Å². The number of ether oxygens (including phenoxy) is 1. The summed E-state index contributed by atoms with van der Waals surface area (Å²) in [5.74, 6) is 0.0712. The highest BCUT2D eigenvalue weighted by atomic mass is 16.5. The van der Waals surface area contributed by atoms with Gasteiger partial charge in [0.15, 0.2) is 11.5 Å². The molecule has 5 heteroatoms. The number of nitrogens with zero attached hydrogens (tertiary/aromatic N) is 1. The highest BCUT2D eigenvalue weighted by Gasteiger charge is 2.24. The number of phenols is 1. The fourth-order valence-electron chi connectivity index (χ4n) is 3.11. The maximum Gasteiger partial charge on any atom is 0.255 e. The number of hydrogen-bond donors (Lipinski definition) is 2. The lowest BCUT2D eigenvalue weighted by Crippen LogP contribution is -2.40. The standard InChI is InChI=1S/C17H26N2O3/c1-4-12-9-14(16(22-3)15(20)10-12)17(21)18-11-13-7-6-8-19(13)5-2/h9-10,13,20H,4-8,11H2,1-3H3,(H,18,21)/t13-/m0/s1. The van der Waals surface area contributed by atoms with Gasteiger partial charge in [-0.25, -0.2) is 0 Å². The fraction of sp³-hybridized carbons (Fsp3) is 0.588. The van der Waals surface area contributed by atoms with Crippen molar-refractivity contribution < 1.29 is 14.6 Å². The van der Waals surface area contributed by atoms with Gasteiger partial charge in [-0.1, -0.05) is 13.8 Å². The molecular weight excluding hydrogens is 280 g/mol. The fourth-order valence-corrected chi connectivity index (χ4v) is 3.11. The van der Waals surface area contributed by atoms with Gasteiger partial charge in [-0.15, -0.1) is 0 Å². The van der Waals surface area contributed by atoms with Crippen molar-refractivity contribution in [1.82, 2.24) is 10.2 Å². The zero-order valence-electron chi connectivity index (χ0n) is 13.7. The minimum Gasteiger partial charge on any atom is -0.504 e. The molecule has 0 aliphatic carbocycles. The molecule has 1 aromatic carbocycles. The Kier molecular flexibility index (Phi) is 5.66. The minimum absolute atomic E-state index is 0.0167. The molecule has 5 nitrogen and oxygen atoms in total. The predicted molar refractivity (Wildman–Crippen MR) is 86.6 cm³/mol. The number of carbonyl (C=O) groups excluding carboxylic acids is 1. The molecule has 0 spiro atoms. The van der Waals surface area contributed by atoms with E-state index in [0.29, 0.717) is 18.2 Å². The highest BCUT2D eigenvalue weighted by Crippen LogP contribution is 2.31. The number of phenolic OH excluding ortho intramolecular Hbond substituents is 1. The molecule has 2 N–H and O–H groups in total. The molecule has 1 fully saturated rings. The molecule has 122 valence electrons. The van der Waals surface area contributed by atoms with E-state index in [9.17, 15) is 9.90 Å². The summed E-state index contributed by atoms with van der Waals surface area (Å²) in [5, 5.41) is 13.0. The van der Waals surface area contributed by atoms with Gasteiger partial charge in [0.1, 0.15) is 0 Å². The number of likely N-dealkylation sites (N-methyl/N-ethyl adjacent to an activating group) is 1. The molecule has 0 radical (unpaired) electrons. The van der Waals surface area contributed by atoms with Crippen LogP contribution in [0, 0.1) is 0 Å². The maximum atomic E-state index is 12.5. The molecular formula is C17H26N2O3. The van der Waals surface area contributed by atoms with Crippen molar-refractivity contribution in [1.29, 1.82) is 0 Å². The van der Waals surface area contributed by atoms with Crippen molar-refractivity contribution in [3.63, 3.8) is 0 Å². The van der Waals surface area contributed by atoms with Gasteiger partial charge in [0, 0.05) is 12.6 Å².